The van der Waals surface area contributed by atoms with Crippen LogP contribution in [0, 0.1) is 5.92 Å². The molecule has 9 heteroatoms. The normalized spacial score (nSPS) is 23.4. The largest absolute Gasteiger partial charge is 0.483 e. The van der Waals surface area contributed by atoms with E-state index in [4.69, 9.17) is 9.90 Å². The summed E-state index contributed by atoms with van der Waals surface area (Å²) in [5, 5.41) is 17.9. The molecule has 0 spiro atoms. The standard InChI is InChI=1S/C19H23N5O2.CH2O2/c1-23-9-14-6-5-13(23)10-24(14)19(26)17-15-8-12(4-7-16(15)21-22-17)20-18(25)11-2-3-11;2-1-3/h4,7-8,11,13-14H,2-3,5-6,9-10H2,1H3,(H,20,25)(H,21,22);1H,(H,2,3). The third kappa shape index (κ3) is 3.82. The third-order valence-electron chi connectivity index (χ3n) is 6.05. The Morgan fingerprint density at radius 2 is 1.93 bits per heavy atom. The van der Waals surface area contributed by atoms with Gasteiger partial charge in [0.1, 0.15) is 0 Å². The average Bonchev–Trinajstić information content (AvgIpc) is 3.49. The van der Waals surface area contributed by atoms with Gasteiger partial charge in [-0.2, -0.15) is 5.10 Å². The predicted octanol–water partition coefficient (Wildman–Crippen LogP) is 1.53. The second-order valence-electron chi connectivity index (χ2n) is 7.98. The van der Waals surface area contributed by atoms with Crippen LogP contribution in [-0.2, 0) is 9.59 Å². The molecule has 29 heavy (non-hydrogen) atoms. The fraction of sp³-hybridized carbons (Fsp3) is 0.500. The minimum absolute atomic E-state index is 0.00952. The summed E-state index contributed by atoms with van der Waals surface area (Å²) >= 11 is 0. The molecule has 2 bridgehead atoms. The Hall–Kier alpha value is -2.94. The number of rotatable bonds is 3. The van der Waals surface area contributed by atoms with Crippen LogP contribution in [0.4, 0.5) is 5.69 Å². The number of benzene rings is 1. The smallest absolute Gasteiger partial charge is 0.290 e. The van der Waals surface area contributed by atoms with Crippen molar-refractivity contribution in [2.24, 2.45) is 5.92 Å². The summed E-state index contributed by atoms with van der Waals surface area (Å²) in [6.07, 6.45) is 4.15. The maximum absolute atomic E-state index is 13.2. The van der Waals surface area contributed by atoms with Gasteiger partial charge < -0.3 is 15.3 Å². The number of H-pyrrole nitrogens is 1. The summed E-state index contributed by atoms with van der Waals surface area (Å²) in [7, 11) is 2.14. The summed E-state index contributed by atoms with van der Waals surface area (Å²) in [5.41, 5.74) is 2.00. The van der Waals surface area contributed by atoms with E-state index < -0.39 is 0 Å². The van der Waals surface area contributed by atoms with E-state index in [1.165, 1.54) is 0 Å². The van der Waals surface area contributed by atoms with Crippen LogP contribution in [0.2, 0.25) is 0 Å². The highest BCUT2D eigenvalue weighted by Gasteiger charge is 2.40. The van der Waals surface area contributed by atoms with Crippen molar-refractivity contribution in [2.45, 2.75) is 37.8 Å². The number of piperidine rings is 2. The Kier molecular flexibility index (Phi) is 5.23. The van der Waals surface area contributed by atoms with Crippen LogP contribution in [-0.4, -0.2) is 75.6 Å². The fourth-order valence-corrected chi connectivity index (χ4v) is 4.27. The number of anilines is 1. The van der Waals surface area contributed by atoms with Gasteiger partial charge in [-0.3, -0.25) is 24.4 Å². The molecule has 3 aliphatic heterocycles. The first kappa shape index (κ1) is 19.4. The lowest BCUT2D eigenvalue weighted by Gasteiger charge is -2.50. The first-order valence-electron chi connectivity index (χ1n) is 9.90. The molecule has 1 aromatic heterocycles. The summed E-state index contributed by atoms with van der Waals surface area (Å²) in [4.78, 5) is 37.9. The van der Waals surface area contributed by atoms with Gasteiger partial charge in [0.15, 0.2) is 5.69 Å². The van der Waals surface area contributed by atoms with Crippen LogP contribution in [0.25, 0.3) is 10.9 Å². The van der Waals surface area contributed by atoms with Crippen molar-refractivity contribution in [3.05, 3.63) is 23.9 Å². The van der Waals surface area contributed by atoms with E-state index in [2.05, 4.69) is 27.5 Å². The molecule has 4 heterocycles. The number of hydrogen-bond acceptors (Lipinski definition) is 5. The van der Waals surface area contributed by atoms with Crippen LogP contribution in [0.3, 0.4) is 0 Å². The highest BCUT2D eigenvalue weighted by Crippen LogP contribution is 2.32. The molecule has 3 N–H and O–H groups in total. The summed E-state index contributed by atoms with van der Waals surface area (Å²) in [6.45, 7) is 1.45. The van der Waals surface area contributed by atoms with Crippen molar-refractivity contribution < 1.29 is 19.5 Å². The summed E-state index contributed by atoms with van der Waals surface area (Å²) in [5.74, 6) is 0.207. The van der Waals surface area contributed by atoms with E-state index in [9.17, 15) is 9.59 Å². The molecule has 2 atom stereocenters. The van der Waals surface area contributed by atoms with Gasteiger partial charge in [0, 0.05) is 42.2 Å². The molecular weight excluding hydrogens is 374 g/mol. The van der Waals surface area contributed by atoms with E-state index in [0.717, 1.165) is 55.4 Å². The van der Waals surface area contributed by atoms with Crippen molar-refractivity contribution in [1.82, 2.24) is 20.0 Å². The maximum atomic E-state index is 13.2. The molecule has 9 nitrogen and oxygen atoms in total. The van der Waals surface area contributed by atoms with Crippen molar-refractivity contribution in [3.63, 3.8) is 0 Å². The zero-order valence-electron chi connectivity index (χ0n) is 16.3. The zero-order valence-corrected chi connectivity index (χ0v) is 16.3. The summed E-state index contributed by atoms with van der Waals surface area (Å²) in [6, 6.07) is 6.30. The lowest BCUT2D eigenvalue weighted by Crippen LogP contribution is -2.62. The minimum Gasteiger partial charge on any atom is -0.483 e. The van der Waals surface area contributed by atoms with E-state index in [-0.39, 0.29) is 30.2 Å². The number of carbonyl (C=O) groups excluding carboxylic acids is 2. The molecule has 2 aromatic rings. The molecule has 2 amide bonds. The molecule has 1 saturated carbocycles. The number of carboxylic acid groups (broad SMARTS) is 1. The van der Waals surface area contributed by atoms with Gasteiger partial charge in [-0.1, -0.05) is 0 Å². The van der Waals surface area contributed by atoms with Gasteiger partial charge in [0.05, 0.1) is 5.52 Å². The number of fused-ring (bicyclic) bond motifs is 4. The molecule has 4 fully saturated rings. The van der Waals surface area contributed by atoms with E-state index in [1.54, 1.807) is 0 Å². The molecule has 3 saturated heterocycles. The zero-order chi connectivity index (χ0) is 20.5. The van der Waals surface area contributed by atoms with Crippen molar-refractivity contribution in [3.8, 4) is 0 Å². The van der Waals surface area contributed by atoms with Gasteiger partial charge in [0.2, 0.25) is 5.91 Å². The number of aromatic amines is 1. The van der Waals surface area contributed by atoms with Gasteiger partial charge in [-0.25, -0.2) is 0 Å². The van der Waals surface area contributed by atoms with Crippen LogP contribution in [0.1, 0.15) is 36.2 Å². The van der Waals surface area contributed by atoms with Gasteiger partial charge in [-0.05, 0) is 50.9 Å². The van der Waals surface area contributed by atoms with Gasteiger partial charge in [-0.15, -0.1) is 0 Å². The SMILES string of the molecule is CN1CC2CCC1CN2C(=O)c1n[nH]c2ccc(NC(=O)C3CC3)cc12.O=CO. The average molecular weight is 399 g/mol. The lowest BCUT2D eigenvalue weighted by molar-refractivity contribution is -0.123. The quantitative estimate of drug-likeness (QED) is 0.674. The Balaban J connectivity index is 0.000000645. The number of nitrogens with zero attached hydrogens (tertiary/aromatic N) is 3. The number of carbonyl (C=O) groups is 3. The number of piperazine rings is 1. The van der Waals surface area contributed by atoms with E-state index in [1.807, 2.05) is 23.1 Å². The highest BCUT2D eigenvalue weighted by atomic mass is 16.3. The Morgan fingerprint density at radius 3 is 2.55 bits per heavy atom. The number of amides is 2. The second kappa shape index (κ2) is 7.82. The number of nitrogens with one attached hydrogen (secondary N) is 2. The predicted molar refractivity (Wildman–Crippen MR) is 107 cm³/mol. The minimum atomic E-state index is -0.250. The van der Waals surface area contributed by atoms with Gasteiger partial charge in [0.25, 0.3) is 12.4 Å². The topological polar surface area (TPSA) is 119 Å². The molecule has 154 valence electrons. The Labute approximate surface area is 168 Å². The lowest BCUT2D eigenvalue weighted by atomic mass is 9.91. The molecule has 1 aromatic carbocycles. The van der Waals surface area contributed by atoms with Crippen LogP contribution < -0.4 is 5.32 Å². The molecule has 0 radical (unpaired) electrons. The monoisotopic (exact) mass is 399 g/mol. The maximum Gasteiger partial charge on any atom is 0.290 e. The highest BCUT2D eigenvalue weighted by molar-refractivity contribution is 6.06. The molecule has 4 aliphatic rings. The number of likely N-dealkylation sites (N-methyl/N-ethyl adjacent to an activating group) is 1. The molecular formula is C20H25N5O4. The molecule has 2 unspecified atom stereocenters. The first-order chi connectivity index (χ1) is 14.0. The van der Waals surface area contributed by atoms with E-state index in [0.29, 0.717) is 11.7 Å². The second-order valence-corrected chi connectivity index (χ2v) is 7.98. The third-order valence-corrected chi connectivity index (χ3v) is 6.05. The van der Waals surface area contributed by atoms with E-state index >= 15 is 0 Å². The molecule has 6 rings (SSSR count). The number of hydrogen-bond donors (Lipinski definition) is 3. The van der Waals surface area contributed by atoms with Crippen molar-refractivity contribution in [1.29, 1.82) is 0 Å². The van der Waals surface area contributed by atoms with Crippen LogP contribution in [0.5, 0.6) is 0 Å². The van der Waals surface area contributed by atoms with Gasteiger partial charge >= 0.3 is 0 Å². The number of aromatic nitrogens is 2. The fourth-order valence-electron chi connectivity index (χ4n) is 4.27. The Bertz CT molecular complexity index is 938. The van der Waals surface area contributed by atoms with Crippen molar-refractivity contribution >= 4 is 34.9 Å². The Morgan fingerprint density at radius 1 is 1.21 bits per heavy atom. The first-order valence-corrected chi connectivity index (χ1v) is 9.90. The summed E-state index contributed by atoms with van der Waals surface area (Å²) < 4.78 is 0. The van der Waals surface area contributed by atoms with Crippen LogP contribution in [0.15, 0.2) is 18.2 Å². The van der Waals surface area contributed by atoms with Crippen LogP contribution >= 0.6 is 0 Å². The molecule has 1 aliphatic carbocycles. The van der Waals surface area contributed by atoms with Crippen molar-refractivity contribution in [2.75, 3.05) is 25.5 Å².